The number of piperazine rings is 1. The maximum Gasteiger partial charge on any atom is 0.260 e. The van der Waals surface area contributed by atoms with E-state index in [4.69, 9.17) is 0 Å². The van der Waals surface area contributed by atoms with Gasteiger partial charge >= 0.3 is 0 Å². The number of benzene rings is 1. The highest BCUT2D eigenvalue weighted by Gasteiger charge is 2.69. The molecule has 3 aliphatic heterocycles. The number of likely N-dealkylation sites (N-methyl/N-ethyl adjacent to an activating group) is 1. The third-order valence-corrected chi connectivity index (χ3v) is 7.02. The van der Waals surface area contributed by atoms with Crippen LogP contribution in [-0.2, 0) is 13.9 Å². The van der Waals surface area contributed by atoms with Crippen LogP contribution < -0.4 is 5.32 Å². The van der Waals surface area contributed by atoms with Crippen molar-refractivity contribution in [2.45, 2.75) is 27.2 Å². The molecule has 0 bridgehead atoms. The number of nitrogens with zero attached hydrogens (tertiary/aromatic N) is 2. The quantitative estimate of drug-likeness (QED) is 0.458. The smallest absolute Gasteiger partial charge is 0.260 e. The third kappa shape index (κ3) is 1.53. The van der Waals surface area contributed by atoms with E-state index >= 15 is 0 Å². The van der Waals surface area contributed by atoms with Gasteiger partial charge in [0.15, 0.2) is 10.2 Å². The highest BCUT2D eigenvalue weighted by atomic mass is 79.9. The topological polar surface area (TPSA) is 52.7 Å². The maximum atomic E-state index is 12.7. The van der Waals surface area contributed by atoms with E-state index in [1.165, 1.54) is 4.90 Å². The van der Waals surface area contributed by atoms with Gasteiger partial charge in [-0.25, -0.2) is 0 Å². The lowest BCUT2D eigenvalue weighted by Crippen LogP contribution is -2.67. The molecule has 22 heavy (non-hydrogen) atoms. The molecule has 1 aromatic carbocycles. The van der Waals surface area contributed by atoms with Crippen molar-refractivity contribution in [2.75, 3.05) is 12.4 Å². The number of hydrogen-bond acceptors (Lipinski definition) is 5. The highest BCUT2D eigenvalue weighted by Crippen LogP contribution is 2.60. The molecule has 2 saturated heterocycles. The zero-order valence-corrected chi connectivity index (χ0v) is 15.0. The summed E-state index contributed by atoms with van der Waals surface area (Å²) in [5.74, 6) is -0.421. The normalized spacial score (nSPS) is 39.5. The number of alkyl halides is 1. The molecule has 0 spiro atoms. The van der Waals surface area contributed by atoms with Gasteiger partial charge in [-0.15, -0.1) is 25.3 Å². The molecule has 4 atom stereocenters. The standard InChI is InChI=1S/C14H14BrN3O2S2/c1-17-10(21)9(19)18-11-13(15,6-14(18,22)12(17)20)7-4-2-3-5-8(7)16-11/h2-5,10-11,16,21-22H,6H2,1H3/t10-,11+,13-,14-/m0/s1. The molecular formula is C14H14BrN3O2S2. The maximum absolute atomic E-state index is 12.7. The molecule has 0 unspecified atom stereocenters. The molecule has 3 aliphatic rings. The van der Waals surface area contributed by atoms with Gasteiger partial charge in [-0.2, -0.15) is 0 Å². The summed E-state index contributed by atoms with van der Waals surface area (Å²) in [4.78, 5) is 27.2. The molecule has 8 heteroatoms. The van der Waals surface area contributed by atoms with Gasteiger partial charge < -0.3 is 10.2 Å². The van der Waals surface area contributed by atoms with Crippen LogP contribution in [0.15, 0.2) is 24.3 Å². The minimum Gasteiger partial charge on any atom is -0.363 e. The number of carbonyl (C=O) groups excluding carboxylic acids is 2. The number of amides is 2. The number of hydrogen-bond donors (Lipinski definition) is 3. The van der Waals surface area contributed by atoms with Gasteiger partial charge in [-0.3, -0.25) is 14.5 Å². The summed E-state index contributed by atoms with van der Waals surface area (Å²) in [6.07, 6.45) is 0.0370. The second kappa shape index (κ2) is 4.36. The zero-order valence-electron chi connectivity index (χ0n) is 11.7. The van der Waals surface area contributed by atoms with Gasteiger partial charge in [0, 0.05) is 19.2 Å². The predicted octanol–water partition coefficient (Wildman–Crippen LogP) is 1.61. The first-order valence-corrected chi connectivity index (χ1v) is 8.62. The van der Waals surface area contributed by atoms with Crippen LogP contribution in [0.4, 0.5) is 5.69 Å². The van der Waals surface area contributed by atoms with Crippen molar-refractivity contribution in [1.82, 2.24) is 9.80 Å². The van der Waals surface area contributed by atoms with Crippen molar-refractivity contribution in [2.24, 2.45) is 0 Å². The Kier molecular flexibility index (Phi) is 2.92. The van der Waals surface area contributed by atoms with E-state index in [0.29, 0.717) is 6.42 Å². The number of fused-ring (bicyclic) bond motifs is 5. The van der Waals surface area contributed by atoms with Crippen LogP contribution in [0.2, 0.25) is 0 Å². The second-order valence-corrected chi connectivity index (χ2v) is 8.59. The molecule has 1 aromatic rings. The van der Waals surface area contributed by atoms with Gasteiger partial charge in [0.05, 0.1) is 4.32 Å². The Hall–Kier alpha value is -0.860. The average molecular weight is 400 g/mol. The van der Waals surface area contributed by atoms with Crippen LogP contribution in [-0.4, -0.2) is 45.1 Å². The number of carbonyl (C=O) groups is 2. The molecule has 2 amide bonds. The summed E-state index contributed by atoms with van der Waals surface area (Å²) in [5, 5.41) is 2.57. The summed E-state index contributed by atoms with van der Waals surface area (Å²) < 4.78 is -0.532. The van der Waals surface area contributed by atoms with Crippen molar-refractivity contribution in [1.29, 1.82) is 0 Å². The average Bonchev–Trinajstić information content (AvgIpc) is 2.89. The van der Waals surface area contributed by atoms with Crippen LogP contribution in [0.1, 0.15) is 12.0 Å². The molecule has 0 aliphatic carbocycles. The Labute approximate surface area is 147 Å². The SMILES string of the molecule is CN1C(=O)[C@@]2(S)C[C@]3(Br)c4ccccc4N[C@@H]3N2C(=O)[C@@H]1S. The van der Waals surface area contributed by atoms with E-state index in [0.717, 1.165) is 11.3 Å². The van der Waals surface area contributed by atoms with Crippen LogP contribution in [0, 0.1) is 0 Å². The number of para-hydroxylation sites is 1. The molecule has 4 rings (SSSR count). The van der Waals surface area contributed by atoms with Crippen LogP contribution in [0.25, 0.3) is 0 Å². The largest absolute Gasteiger partial charge is 0.363 e. The van der Waals surface area contributed by atoms with E-state index in [1.807, 2.05) is 24.3 Å². The Morgan fingerprint density at radius 2 is 2.05 bits per heavy atom. The van der Waals surface area contributed by atoms with Crippen molar-refractivity contribution < 1.29 is 9.59 Å². The summed E-state index contributed by atoms with van der Waals surface area (Å²) >= 11 is 12.7. The second-order valence-electron chi connectivity index (χ2n) is 5.95. The fourth-order valence-electron chi connectivity index (χ4n) is 3.67. The summed E-state index contributed by atoms with van der Waals surface area (Å²) in [7, 11) is 1.59. The molecule has 0 saturated carbocycles. The number of rotatable bonds is 0. The highest BCUT2D eigenvalue weighted by molar-refractivity contribution is 9.09. The van der Waals surface area contributed by atoms with E-state index in [-0.39, 0.29) is 18.0 Å². The summed E-state index contributed by atoms with van der Waals surface area (Å²) in [6, 6.07) is 7.86. The van der Waals surface area contributed by atoms with Gasteiger partial charge in [0.25, 0.3) is 11.8 Å². The number of nitrogens with one attached hydrogen (secondary N) is 1. The molecule has 0 radical (unpaired) electrons. The molecule has 1 N–H and O–H groups in total. The number of halogens is 1. The monoisotopic (exact) mass is 399 g/mol. The Morgan fingerprint density at radius 1 is 1.36 bits per heavy atom. The van der Waals surface area contributed by atoms with E-state index in [9.17, 15) is 9.59 Å². The molecular weight excluding hydrogens is 386 g/mol. The third-order valence-electron chi connectivity index (χ3n) is 4.75. The fraction of sp³-hybridized carbons (Fsp3) is 0.429. The van der Waals surface area contributed by atoms with E-state index in [2.05, 4.69) is 46.5 Å². The van der Waals surface area contributed by atoms with Crippen LogP contribution >= 0.6 is 41.2 Å². The van der Waals surface area contributed by atoms with Crippen molar-refractivity contribution in [3.63, 3.8) is 0 Å². The minimum absolute atomic E-state index is 0.206. The molecule has 2 fully saturated rings. The van der Waals surface area contributed by atoms with Crippen LogP contribution in [0.5, 0.6) is 0 Å². The lowest BCUT2D eigenvalue weighted by Gasteiger charge is -2.45. The lowest BCUT2D eigenvalue weighted by atomic mass is 9.95. The fourth-order valence-corrected chi connectivity index (χ4v) is 5.81. The Bertz CT molecular complexity index is 717. The summed E-state index contributed by atoms with van der Waals surface area (Å²) in [6.45, 7) is 0. The van der Waals surface area contributed by atoms with E-state index in [1.54, 1.807) is 11.9 Å². The molecule has 3 heterocycles. The molecule has 0 aromatic heterocycles. The van der Waals surface area contributed by atoms with Gasteiger partial charge in [-0.1, -0.05) is 34.1 Å². The minimum atomic E-state index is -1.17. The number of anilines is 1. The number of thiol groups is 2. The molecule has 116 valence electrons. The van der Waals surface area contributed by atoms with Crippen molar-refractivity contribution >= 4 is 58.7 Å². The van der Waals surface area contributed by atoms with Crippen LogP contribution in [0.3, 0.4) is 0 Å². The first-order valence-electron chi connectivity index (χ1n) is 6.86. The van der Waals surface area contributed by atoms with Crippen molar-refractivity contribution in [3.05, 3.63) is 29.8 Å². The Morgan fingerprint density at radius 3 is 2.77 bits per heavy atom. The van der Waals surface area contributed by atoms with Gasteiger partial charge in [0.2, 0.25) is 0 Å². The lowest BCUT2D eigenvalue weighted by molar-refractivity contribution is -0.157. The van der Waals surface area contributed by atoms with Gasteiger partial charge in [-0.05, 0) is 11.6 Å². The Balaban J connectivity index is 1.88. The molecule has 5 nitrogen and oxygen atoms in total. The van der Waals surface area contributed by atoms with E-state index < -0.39 is 14.6 Å². The summed E-state index contributed by atoms with van der Waals surface area (Å²) in [5.41, 5.74) is 2.01. The first kappa shape index (κ1) is 14.7. The first-order chi connectivity index (χ1) is 10.3. The van der Waals surface area contributed by atoms with Gasteiger partial charge in [0.1, 0.15) is 6.17 Å². The predicted molar refractivity (Wildman–Crippen MR) is 93.2 cm³/mol. The zero-order chi connectivity index (χ0) is 15.9. The van der Waals surface area contributed by atoms with Crippen molar-refractivity contribution in [3.8, 4) is 0 Å².